The Hall–Kier alpha value is -6.33. The molecule has 0 aromatic heterocycles. The largest absolute Gasteiger partial charge is 1.00 e. The van der Waals surface area contributed by atoms with E-state index in [0.717, 1.165) is 34.1 Å². The Morgan fingerprint density at radius 1 is 0.487 bits per heavy atom. The average molecular weight is 1110 g/mol. The van der Waals surface area contributed by atoms with Crippen molar-refractivity contribution >= 4 is 32.3 Å². The summed E-state index contributed by atoms with van der Waals surface area (Å²) in [5.41, 5.74) is 4.77. The molecule has 0 saturated carbocycles. The molecule has 2 aliphatic heterocycles. The van der Waals surface area contributed by atoms with Crippen molar-refractivity contribution in [1.29, 1.82) is 0 Å². The Morgan fingerprint density at radius 2 is 0.808 bits per heavy atom. The summed E-state index contributed by atoms with van der Waals surface area (Å²) < 4.78 is 109. The van der Waals surface area contributed by atoms with Crippen LogP contribution < -0.4 is 78.1 Å². The average Bonchev–Trinajstić information content (AvgIpc) is 4.21. The van der Waals surface area contributed by atoms with Crippen molar-refractivity contribution in [2.75, 3.05) is 33.5 Å². The van der Waals surface area contributed by atoms with Gasteiger partial charge in [-0.05, 0) is 164 Å². The first kappa shape index (κ1) is 59.3. The maximum atomic E-state index is 13.5. The summed E-state index contributed by atoms with van der Waals surface area (Å²) in [6.45, 7) is 3.19. The van der Waals surface area contributed by atoms with Crippen molar-refractivity contribution < 1.29 is 132 Å². The van der Waals surface area contributed by atoms with Crippen molar-refractivity contribution in [3.63, 3.8) is 0 Å². The van der Waals surface area contributed by atoms with E-state index < -0.39 is 43.0 Å². The molecule has 16 nitrogen and oxygen atoms in total. The number of carbonyl (C=O) groups excluding carboxylic acids is 2. The van der Waals surface area contributed by atoms with Gasteiger partial charge in [-0.2, -0.15) is 12.1 Å². The smallest absolute Gasteiger partial charge is 0.744 e. The molecule has 8 aromatic carbocycles. The number of hydrogen-bond donors (Lipinski definition) is 0. The van der Waals surface area contributed by atoms with Gasteiger partial charge in [0.15, 0.2) is 5.78 Å². The molecule has 0 radical (unpaired) electrons. The summed E-state index contributed by atoms with van der Waals surface area (Å²) in [5.74, 6) is 1.08. The molecular formula is C58H44Na2O16S2. The standard InChI is InChI=1S/C58H45O13S.2Na.O3S/c1-38-3-4-42(37-54(38)72(61,62)63)56(60)41-9-23-50(24-10-41)71-53-31-17-46(18-32-53)58(67-35-36-68-58)45-15-29-52(30-16-45)70-49-21-7-40(8-22-49)55(59)39-5-19-48(20-6-39)69-51-27-13-44(14-28-51)57(65-33-34-66-57)43-11-25-47(64-2)26-12-43;;;1-4(2)3/h3-23,25-32,37H,33-36H2,1-2H3,(H,61,62,63);;;/q-1;2*+1;/p-1. The third-order valence-corrected chi connectivity index (χ3v) is 13.2. The fourth-order valence-corrected chi connectivity index (χ4v) is 9.30. The first-order valence-corrected chi connectivity index (χ1v) is 25.7. The van der Waals surface area contributed by atoms with Gasteiger partial charge in [-0.3, -0.25) is 4.79 Å². The molecule has 0 amide bonds. The fraction of sp³-hybridized carbons (Fsp3) is 0.138. The zero-order valence-electron chi connectivity index (χ0n) is 42.5. The van der Waals surface area contributed by atoms with Gasteiger partial charge in [0.25, 0.3) is 0 Å². The number of carbonyl (C=O) groups is 2. The minimum atomic E-state index is -4.74. The summed E-state index contributed by atoms with van der Waals surface area (Å²) in [7, 11) is -6.23. The van der Waals surface area contributed by atoms with E-state index in [9.17, 15) is 22.6 Å². The Kier molecular flexibility index (Phi) is 19.8. The summed E-state index contributed by atoms with van der Waals surface area (Å²) in [6.07, 6.45) is 0. The predicted octanol–water partition coefficient (Wildman–Crippen LogP) is 4.05. The van der Waals surface area contributed by atoms with Crippen molar-refractivity contribution in [2.45, 2.75) is 23.4 Å². The monoisotopic (exact) mass is 1110 g/mol. The number of rotatable bonds is 16. The Morgan fingerprint density at radius 3 is 1.15 bits per heavy atom. The van der Waals surface area contributed by atoms with Crippen molar-refractivity contribution in [2.24, 2.45) is 0 Å². The van der Waals surface area contributed by atoms with Gasteiger partial charge in [0.2, 0.25) is 11.6 Å². The Labute approximate surface area is 495 Å². The van der Waals surface area contributed by atoms with E-state index in [1.807, 2.05) is 84.9 Å². The van der Waals surface area contributed by atoms with Gasteiger partial charge in [-0.1, -0.05) is 17.7 Å². The summed E-state index contributed by atoms with van der Waals surface area (Å²) >= 11 is 0. The van der Waals surface area contributed by atoms with Crippen molar-refractivity contribution in [1.82, 2.24) is 0 Å². The van der Waals surface area contributed by atoms with E-state index in [0.29, 0.717) is 72.1 Å². The zero-order chi connectivity index (χ0) is 53.5. The summed E-state index contributed by atoms with van der Waals surface area (Å²) in [5, 5.41) is 0. The van der Waals surface area contributed by atoms with Crippen LogP contribution in [0.4, 0.5) is 0 Å². The molecule has 386 valence electrons. The maximum Gasteiger partial charge on any atom is 1.00 e. The van der Waals surface area contributed by atoms with Crippen LogP contribution in [0.15, 0.2) is 187 Å². The molecule has 8 aromatic rings. The Bertz CT molecular complexity index is 3580. The van der Waals surface area contributed by atoms with Crippen LogP contribution in [0.25, 0.3) is 0 Å². The van der Waals surface area contributed by atoms with E-state index in [4.69, 9.17) is 50.5 Å². The van der Waals surface area contributed by atoms with Gasteiger partial charge >= 0.3 is 69.7 Å². The van der Waals surface area contributed by atoms with Crippen LogP contribution in [0.3, 0.4) is 0 Å². The normalized spacial score (nSPS) is 14.0. The molecule has 2 heterocycles. The topological polar surface area (TPSA) is 216 Å². The van der Waals surface area contributed by atoms with Crippen molar-refractivity contribution in [3.05, 3.63) is 238 Å². The second-order valence-corrected chi connectivity index (χ2v) is 18.8. The molecule has 0 aliphatic carbocycles. The number of aryl methyl sites for hydroxylation is 1. The van der Waals surface area contributed by atoms with E-state index in [1.54, 1.807) is 73.8 Å². The number of methoxy groups -OCH3 is 1. The van der Waals surface area contributed by atoms with E-state index in [-0.39, 0.29) is 81.6 Å². The van der Waals surface area contributed by atoms with Crippen LogP contribution in [0, 0.1) is 13.0 Å². The van der Waals surface area contributed by atoms with Crippen LogP contribution in [-0.4, -0.2) is 70.7 Å². The van der Waals surface area contributed by atoms with Gasteiger partial charge in [0, 0.05) is 44.7 Å². The van der Waals surface area contributed by atoms with Gasteiger partial charge < -0.3 is 47.2 Å². The molecule has 2 fully saturated rings. The maximum absolute atomic E-state index is 13.5. The number of ketones is 2. The molecule has 0 atom stereocenters. The second-order valence-electron chi connectivity index (χ2n) is 17.0. The number of hydrogen-bond acceptors (Lipinski definition) is 16. The van der Waals surface area contributed by atoms with Crippen LogP contribution in [0.5, 0.6) is 40.2 Å². The van der Waals surface area contributed by atoms with E-state index in [1.165, 1.54) is 31.2 Å². The summed E-state index contributed by atoms with van der Waals surface area (Å²) in [4.78, 5) is 26.1. The molecule has 20 heteroatoms. The third kappa shape index (κ3) is 13.7. The minimum absolute atomic E-state index is 0. The molecule has 0 unspecified atom stereocenters. The third-order valence-electron chi connectivity index (χ3n) is 12.3. The molecule has 2 aliphatic rings. The van der Waals surface area contributed by atoms with Crippen molar-refractivity contribution in [3.8, 4) is 40.2 Å². The van der Waals surface area contributed by atoms with Crippen LogP contribution in [-0.2, 0) is 51.2 Å². The van der Waals surface area contributed by atoms with Crippen LogP contribution in [0.2, 0.25) is 0 Å². The number of benzene rings is 8. The minimum Gasteiger partial charge on any atom is -0.744 e. The fourth-order valence-electron chi connectivity index (χ4n) is 8.57. The van der Waals surface area contributed by atoms with Gasteiger partial charge in [0.1, 0.15) is 50.4 Å². The molecule has 0 spiro atoms. The number of ether oxygens (including phenoxy) is 8. The molecule has 0 N–H and O–H groups in total. The molecule has 10 rings (SSSR count). The first-order valence-electron chi connectivity index (χ1n) is 23.3. The first-order chi connectivity index (χ1) is 36.6. The Balaban J connectivity index is 0.00000142. The second kappa shape index (κ2) is 26.1. The van der Waals surface area contributed by atoms with E-state index >= 15 is 0 Å². The molecular weight excluding hydrogens is 1060 g/mol. The molecule has 78 heavy (non-hydrogen) atoms. The van der Waals surface area contributed by atoms with E-state index in [2.05, 4.69) is 6.07 Å². The SMILES string of the molecule is COc1ccc(C2(c3ccc(Oc4ccc(C(=O)c5ccc(Oc6ccc(C7(c8ccc(Oc9[c-]cc(C(=O)c%10ccc(C)c(S(=O)(=O)[O-])c%10)cc9)cc8)OCCO7)cc6)cc5)cc4)cc3)OCCO2)cc1.O=S(=O)=O.[Na+].[Na+]. The zero-order valence-corrected chi connectivity index (χ0v) is 48.1. The quantitative estimate of drug-likeness (QED) is 0.0577. The van der Waals surface area contributed by atoms with Crippen LogP contribution in [0.1, 0.15) is 59.7 Å². The predicted molar refractivity (Wildman–Crippen MR) is 272 cm³/mol. The van der Waals surface area contributed by atoms with Gasteiger partial charge in [0.05, 0.1) is 38.4 Å². The van der Waals surface area contributed by atoms with Gasteiger partial charge in [-0.15, -0.1) is 24.8 Å². The van der Waals surface area contributed by atoms with Gasteiger partial charge in [-0.25, -0.2) is 8.42 Å². The van der Waals surface area contributed by atoms with Crippen LogP contribution >= 0.6 is 0 Å². The molecule has 0 bridgehead atoms. The summed E-state index contributed by atoms with van der Waals surface area (Å²) in [6, 6.07) is 55.2. The molecule has 2 saturated heterocycles.